The summed E-state index contributed by atoms with van der Waals surface area (Å²) in [6, 6.07) is 0. The molecule has 80 valence electrons. The first kappa shape index (κ1) is 9.29. The second-order valence-corrected chi connectivity index (χ2v) is 4.21. The molecule has 3 rings (SSSR count). The van der Waals surface area contributed by atoms with E-state index in [1.54, 1.807) is 16.0 Å². The lowest BCUT2D eigenvalue weighted by Crippen LogP contribution is -2.06. The van der Waals surface area contributed by atoms with Crippen molar-refractivity contribution in [1.29, 1.82) is 0 Å². The van der Waals surface area contributed by atoms with Crippen molar-refractivity contribution in [3.63, 3.8) is 0 Å². The lowest BCUT2D eigenvalue weighted by Gasteiger charge is -2.00. The zero-order chi connectivity index (χ0) is 11.1. The molecule has 0 bridgehead atoms. The monoisotopic (exact) mass is 232 g/mol. The Morgan fingerprint density at radius 1 is 1.44 bits per heavy atom. The molecule has 0 aliphatic heterocycles. The van der Waals surface area contributed by atoms with E-state index in [0.29, 0.717) is 11.0 Å². The number of aryl methyl sites for hydroxylation is 1. The van der Waals surface area contributed by atoms with Gasteiger partial charge >= 0.3 is 0 Å². The second-order valence-electron chi connectivity index (χ2n) is 3.47. The lowest BCUT2D eigenvalue weighted by molar-refractivity contribution is 0.892. The highest BCUT2D eigenvalue weighted by atomic mass is 32.1. The normalized spacial score (nSPS) is 11.1. The van der Waals surface area contributed by atoms with E-state index in [-0.39, 0.29) is 5.56 Å². The first-order valence-corrected chi connectivity index (χ1v) is 5.66. The summed E-state index contributed by atoms with van der Waals surface area (Å²) in [5.74, 6) is 0. The van der Waals surface area contributed by atoms with Crippen LogP contribution in [0.1, 0.15) is 5.56 Å². The SMILES string of the molecule is Cc1cscc1-n1ncc2c(=O)nc[nH]c21. The van der Waals surface area contributed by atoms with Crippen LogP contribution in [0.5, 0.6) is 0 Å². The maximum absolute atomic E-state index is 11.5. The largest absolute Gasteiger partial charge is 0.330 e. The van der Waals surface area contributed by atoms with Crippen LogP contribution in [0.3, 0.4) is 0 Å². The quantitative estimate of drug-likeness (QED) is 0.691. The molecule has 6 heteroatoms. The Labute approximate surface area is 94.4 Å². The summed E-state index contributed by atoms with van der Waals surface area (Å²) in [4.78, 5) is 18.1. The number of aromatic amines is 1. The Bertz CT molecular complexity index is 709. The van der Waals surface area contributed by atoms with Gasteiger partial charge in [-0.15, -0.1) is 11.3 Å². The van der Waals surface area contributed by atoms with Crippen LogP contribution in [0.25, 0.3) is 16.7 Å². The molecule has 0 radical (unpaired) electrons. The van der Waals surface area contributed by atoms with Crippen molar-refractivity contribution in [2.45, 2.75) is 6.92 Å². The summed E-state index contributed by atoms with van der Waals surface area (Å²) >= 11 is 1.61. The number of aromatic nitrogens is 4. The van der Waals surface area contributed by atoms with E-state index < -0.39 is 0 Å². The van der Waals surface area contributed by atoms with Crippen molar-refractivity contribution in [2.24, 2.45) is 0 Å². The number of H-pyrrole nitrogens is 1. The number of rotatable bonds is 1. The van der Waals surface area contributed by atoms with E-state index in [1.165, 1.54) is 12.5 Å². The van der Waals surface area contributed by atoms with Crippen LogP contribution in [0.2, 0.25) is 0 Å². The van der Waals surface area contributed by atoms with Gasteiger partial charge in [0.2, 0.25) is 0 Å². The van der Waals surface area contributed by atoms with Gasteiger partial charge in [-0.05, 0) is 17.9 Å². The number of nitrogens with zero attached hydrogens (tertiary/aromatic N) is 3. The van der Waals surface area contributed by atoms with Crippen molar-refractivity contribution in [3.05, 3.63) is 39.2 Å². The highest BCUT2D eigenvalue weighted by Gasteiger charge is 2.10. The number of nitrogens with one attached hydrogen (secondary N) is 1. The van der Waals surface area contributed by atoms with Crippen LogP contribution >= 0.6 is 11.3 Å². The third kappa shape index (κ3) is 1.20. The summed E-state index contributed by atoms with van der Waals surface area (Å²) in [5.41, 5.74) is 2.55. The second kappa shape index (κ2) is 3.28. The van der Waals surface area contributed by atoms with Gasteiger partial charge in [0.1, 0.15) is 11.0 Å². The van der Waals surface area contributed by atoms with Crippen LogP contribution in [-0.2, 0) is 0 Å². The van der Waals surface area contributed by atoms with Crippen LogP contribution in [0.4, 0.5) is 0 Å². The van der Waals surface area contributed by atoms with Crippen LogP contribution in [0, 0.1) is 6.92 Å². The van der Waals surface area contributed by atoms with Crippen molar-refractivity contribution in [3.8, 4) is 5.69 Å². The molecule has 0 atom stereocenters. The van der Waals surface area contributed by atoms with Gasteiger partial charge in [-0.2, -0.15) is 10.1 Å². The van der Waals surface area contributed by atoms with Gasteiger partial charge in [0, 0.05) is 5.38 Å². The molecule has 0 aliphatic carbocycles. The summed E-state index contributed by atoms with van der Waals surface area (Å²) in [7, 11) is 0. The zero-order valence-electron chi connectivity index (χ0n) is 8.47. The summed E-state index contributed by atoms with van der Waals surface area (Å²) in [5, 5.41) is 8.76. The molecule has 0 saturated carbocycles. The van der Waals surface area contributed by atoms with E-state index in [4.69, 9.17) is 0 Å². The van der Waals surface area contributed by atoms with E-state index >= 15 is 0 Å². The highest BCUT2D eigenvalue weighted by molar-refractivity contribution is 7.08. The summed E-state index contributed by atoms with van der Waals surface area (Å²) < 4.78 is 1.73. The Kier molecular flexibility index (Phi) is 1.90. The third-order valence-electron chi connectivity index (χ3n) is 2.44. The third-order valence-corrected chi connectivity index (χ3v) is 3.29. The maximum Gasteiger partial charge on any atom is 0.283 e. The number of hydrogen-bond acceptors (Lipinski definition) is 4. The predicted octanol–water partition coefficient (Wildman–Crippen LogP) is 1.48. The molecule has 0 amide bonds. The van der Waals surface area contributed by atoms with Gasteiger partial charge in [-0.25, -0.2) is 4.68 Å². The van der Waals surface area contributed by atoms with Crippen molar-refractivity contribution in [2.75, 3.05) is 0 Å². The molecule has 0 spiro atoms. The zero-order valence-corrected chi connectivity index (χ0v) is 9.28. The predicted molar refractivity (Wildman–Crippen MR) is 62.1 cm³/mol. The van der Waals surface area contributed by atoms with E-state index in [2.05, 4.69) is 15.1 Å². The molecular formula is C10H8N4OS. The molecule has 0 fully saturated rings. The molecule has 16 heavy (non-hydrogen) atoms. The fourth-order valence-corrected chi connectivity index (χ4v) is 2.43. The topological polar surface area (TPSA) is 63.6 Å². The molecule has 1 N–H and O–H groups in total. The van der Waals surface area contributed by atoms with Gasteiger partial charge in [-0.1, -0.05) is 0 Å². The summed E-state index contributed by atoms with van der Waals surface area (Å²) in [6.07, 6.45) is 2.93. The van der Waals surface area contributed by atoms with Gasteiger partial charge in [0.15, 0.2) is 0 Å². The smallest absolute Gasteiger partial charge is 0.283 e. The Hall–Kier alpha value is -1.95. The molecule has 0 saturated heterocycles. The standard InChI is InChI=1S/C10H8N4OS/c1-6-3-16-4-8(6)14-9-7(2-13-14)10(15)12-5-11-9/h2-5H,1H3,(H,11,12,15). The van der Waals surface area contributed by atoms with Crippen molar-refractivity contribution >= 4 is 22.4 Å². The first-order chi connectivity index (χ1) is 7.77. The summed E-state index contributed by atoms with van der Waals surface area (Å²) in [6.45, 7) is 2.01. The van der Waals surface area contributed by atoms with E-state index in [1.807, 2.05) is 17.7 Å². The van der Waals surface area contributed by atoms with Gasteiger partial charge in [0.05, 0.1) is 18.2 Å². The minimum Gasteiger partial charge on any atom is -0.330 e. The van der Waals surface area contributed by atoms with Crippen molar-refractivity contribution in [1.82, 2.24) is 19.7 Å². The minimum absolute atomic E-state index is 0.257. The number of fused-ring (bicyclic) bond motifs is 1. The fourth-order valence-electron chi connectivity index (χ4n) is 1.62. The first-order valence-electron chi connectivity index (χ1n) is 4.72. The van der Waals surface area contributed by atoms with Gasteiger partial charge in [0.25, 0.3) is 5.56 Å². The minimum atomic E-state index is -0.257. The molecule has 5 nitrogen and oxygen atoms in total. The van der Waals surface area contributed by atoms with Crippen molar-refractivity contribution < 1.29 is 0 Å². The molecule has 3 heterocycles. The van der Waals surface area contributed by atoms with E-state index in [9.17, 15) is 4.79 Å². The molecule has 3 aromatic heterocycles. The van der Waals surface area contributed by atoms with Crippen LogP contribution in [-0.4, -0.2) is 19.7 Å². The average molecular weight is 232 g/mol. The van der Waals surface area contributed by atoms with E-state index in [0.717, 1.165) is 11.3 Å². The Morgan fingerprint density at radius 2 is 2.31 bits per heavy atom. The molecule has 3 aromatic rings. The van der Waals surface area contributed by atoms with Gasteiger partial charge < -0.3 is 4.98 Å². The Balaban J connectivity index is 2.38. The molecule has 0 unspecified atom stereocenters. The van der Waals surface area contributed by atoms with Gasteiger partial charge in [-0.3, -0.25) is 4.79 Å². The molecule has 0 aromatic carbocycles. The van der Waals surface area contributed by atoms with Crippen LogP contribution in [0.15, 0.2) is 28.1 Å². The number of hydrogen-bond donors (Lipinski definition) is 1. The number of thiophene rings is 1. The fraction of sp³-hybridized carbons (Fsp3) is 0.100. The lowest BCUT2D eigenvalue weighted by atomic mass is 10.3. The highest BCUT2D eigenvalue weighted by Crippen LogP contribution is 2.20. The molecule has 0 aliphatic rings. The average Bonchev–Trinajstić information content (AvgIpc) is 2.84. The van der Waals surface area contributed by atoms with Crippen LogP contribution < -0.4 is 5.56 Å². The Morgan fingerprint density at radius 3 is 3.06 bits per heavy atom. The maximum atomic E-state index is 11.5. The molecular weight excluding hydrogens is 224 g/mol.